The van der Waals surface area contributed by atoms with Crippen LogP contribution in [0.5, 0.6) is 0 Å². The highest BCUT2D eigenvalue weighted by Crippen LogP contribution is 2.39. The zero-order chi connectivity index (χ0) is 28.3. The number of amides is 3. The van der Waals surface area contributed by atoms with E-state index in [1.165, 1.54) is 18.2 Å². The van der Waals surface area contributed by atoms with Crippen LogP contribution in [0.4, 0.5) is 10.1 Å². The summed E-state index contributed by atoms with van der Waals surface area (Å²) >= 11 is 12.2. The standard InChI is InChI=1S/C30H29Cl2FN4O3/c31-23-10-9-21(26(32)18-23)11-14-34-27(38)19-36-20-37(25-7-2-1-3-8-25)30(29(36)40)12-15-35(16-13-30)28(39)22-5-4-6-24(33)17-22/h1-10,17-18H,11-16,19-20H2,(H,34,38). The second-order valence-electron chi connectivity index (χ2n) is 10.1. The number of hydrogen-bond acceptors (Lipinski definition) is 4. The first-order valence-corrected chi connectivity index (χ1v) is 13.9. The number of hydrogen-bond donors (Lipinski definition) is 1. The molecule has 2 aliphatic heterocycles. The minimum absolute atomic E-state index is 0.0792. The fourth-order valence-corrected chi connectivity index (χ4v) is 6.00. The Hall–Kier alpha value is -3.62. The van der Waals surface area contributed by atoms with Gasteiger partial charge in [-0.15, -0.1) is 0 Å². The lowest BCUT2D eigenvalue weighted by Gasteiger charge is -2.43. The van der Waals surface area contributed by atoms with Gasteiger partial charge in [0.05, 0.1) is 6.67 Å². The number of piperidine rings is 1. The van der Waals surface area contributed by atoms with Crippen molar-refractivity contribution in [3.8, 4) is 0 Å². The number of halogens is 3. The quantitative estimate of drug-likeness (QED) is 0.435. The fourth-order valence-electron chi connectivity index (χ4n) is 5.50. The molecule has 1 N–H and O–H groups in total. The van der Waals surface area contributed by atoms with Gasteiger partial charge in [-0.1, -0.05) is 53.5 Å². The average Bonchev–Trinajstić information content (AvgIpc) is 3.21. The largest absolute Gasteiger partial charge is 0.354 e. The summed E-state index contributed by atoms with van der Waals surface area (Å²) in [5.74, 6) is -1.12. The summed E-state index contributed by atoms with van der Waals surface area (Å²) < 4.78 is 13.7. The number of carbonyl (C=O) groups excluding carboxylic acids is 3. The predicted octanol–water partition coefficient (Wildman–Crippen LogP) is 4.77. The monoisotopic (exact) mass is 582 g/mol. The number of para-hydroxylation sites is 1. The molecule has 0 aliphatic carbocycles. The molecule has 2 aliphatic rings. The first-order chi connectivity index (χ1) is 19.3. The SMILES string of the molecule is O=C(CN1CN(c2ccccc2)C2(CCN(C(=O)c3cccc(F)c3)CC2)C1=O)NCCc1ccc(Cl)cc1Cl. The first-order valence-electron chi connectivity index (χ1n) is 13.1. The molecule has 0 atom stereocenters. The molecule has 5 rings (SSSR count). The Kier molecular flexibility index (Phi) is 8.28. The van der Waals surface area contributed by atoms with Gasteiger partial charge in [0.2, 0.25) is 5.91 Å². The maximum atomic E-state index is 13.9. The minimum Gasteiger partial charge on any atom is -0.354 e. The number of carbonyl (C=O) groups is 3. The van der Waals surface area contributed by atoms with Gasteiger partial charge in [0.15, 0.2) is 0 Å². The van der Waals surface area contributed by atoms with E-state index in [4.69, 9.17) is 23.2 Å². The van der Waals surface area contributed by atoms with Gasteiger partial charge in [0.1, 0.15) is 17.9 Å². The molecule has 3 amide bonds. The van der Waals surface area contributed by atoms with E-state index >= 15 is 0 Å². The third-order valence-corrected chi connectivity index (χ3v) is 8.18. The highest BCUT2D eigenvalue weighted by atomic mass is 35.5. The Morgan fingerprint density at radius 3 is 2.40 bits per heavy atom. The normalized spacial score (nSPS) is 16.5. The molecule has 3 aromatic carbocycles. The van der Waals surface area contributed by atoms with E-state index in [2.05, 4.69) is 5.32 Å². The summed E-state index contributed by atoms with van der Waals surface area (Å²) in [6, 6.07) is 20.5. The first kappa shape index (κ1) is 27.9. The van der Waals surface area contributed by atoms with Gasteiger partial charge in [-0.2, -0.15) is 0 Å². The molecule has 2 fully saturated rings. The Bertz CT molecular complexity index is 1410. The lowest BCUT2D eigenvalue weighted by molar-refractivity contribution is -0.137. The lowest BCUT2D eigenvalue weighted by Crippen LogP contribution is -2.57. The van der Waals surface area contributed by atoms with Crippen LogP contribution in [-0.2, 0) is 16.0 Å². The van der Waals surface area contributed by atoms with Crippen LogP contribution in [0.15, 0.2) is 72.8 Å². The van der Waals surface area contributed by atoms with Crippen LogP contribution >= 0.6 is 23.2 Å². The van der Waals surface area contributed by atoms with E-state index in [1.54, 1.807) is 28.0 Å². The highest BCUT2D eigenvalue weighted by molar-refractivity contribution is 6.35. The van der Waals surface area contributed by atoms with Gasteiger partial charge in [-0.25, -0.2) is 4.39 Å². The molecule has 40 heavy (non-hydrogen) atoms. The van der Waals surface area contributed by atoms with Crippen molar-refractivity contribution in [1.82, 2.24) is 15.1 Å². The van der Waals surface area contributed by atoms with E-state index in [9.17, 15) is 18.8 Å². The number of rotatable bonds is 7. The van der Waals surface area contributed by atoms with Gasteiger partial charge >= 0.3 is 0 Å². The minimum atomic E-state index is -0.878. The Labute approximate surface area is 242 Å². The second kappa shape index (κ2) is 11.9. The molecule has 208 valence electrons. The number of likely N-dealkylation sites (tertiary alicyclic amines) is 1. The smallest absolute Gasteiger partial charge is 0.253 e. The molecule has 0 radical (unpaired) electrons. The molecule has 1 spiro atoms. The topological polar surface area (TPSA) is 73.0 Å². The van der Waals surface area contributed by atoms with Crippen LogP contribution in [0, 0.1) is 5.82 Å². The summed E-state index contributed by atoms with van der Waals surface area (Å²) in [5.41, 5.74) is 1.15. The van der Waals surface area contributed by atoms with Crippen LogP contribution in [-0.4, -0.2) is 65.9 Å². The van der Waals surface area contributed by atoms with Crippen molar-refractivity contribution in [1.29, 1.82) is 0 Å². The maximum Gasteiger partial charge on any atom is 0.253 e. The Morgan fingerprint density at radius 2 is 1.70 bits per heavy atom. The second-order valence-corrected chi connectivity index (χ2v) is 10.9. The third-order valence-electron chi connectivity index (χ3n) is 7.60. The molecule has 0 unspecified atom stereocenters. The Balaban J connectivity index is 1.26. The van der Waals surface area contributed by atoms with Crippen LogP contribution < -0.4 is 10.2 Å². The third kappa shape index (κ3) is 5.78. The van der Waals surface area contributed by atoms with Gasteiger partial charge in [-0.05, 0) is 67.3 Å². The van der Waals surface area contributed by atoms with Gasteiger partial charge in [0, 0.05) is 40.9 Å². The molecule has 10 heteroatoms. The van der Waals surface area contributed by atoms with Crippen LogP contribution in [0.2, 0.25) is 10.0 Å². The van der Waals surface area contributed by atoms with Crippen molar-refractivity contribution in [2.24, 2.45) is 0 Å². The van der Waals surface area contributed by atoms with Crippen LogP contribution in [0.1, 0.15) is 28.8 Å². The highest BCUT2D eigenvalue weighted by Gasteiger charge is 2.54. The molecule has 0 saturated carbocycles. The number of nitrogens with one attached hydrogen (secondary N) is 1. The Morgan fingerprint density at radius 1 is 0.950 bits per heavy atom. The van der Waals surface area contributed by atoms with Crippen molar-refractivity contribution in [3.63, 3.8) is 0 Å². The van der Waals surface area contributed by atoms with Crippen LogP contribution in [0.25, 0.3) is 0 Å². The molecular weight excluding hydrogens is 554 g/mol. The van der Waals surface area contributed by atoms with Crippen molar-refractivity contribution in [2.45, 2.75) is 24.8 Å². The zero-order valence-electron chi connectivity index (χ0n) is 21.8. The maximum absolute atomic E-state index is 13.9. The molecule has 7 nitrogen and oxygen atoms in total. The van der Waals surface area contributed by atoms with Crippen molar-refractivity contribution in [2.75, 3.05) is 37.7 Å². The summed E-state index contributed by atoms with van der Waals surface area (Å²) in [5, 5.41) is 3.97. The summed E-state index contributed by atoms with van der Waals surface area (Å²) in [4.78, 5) is 45.0. The molecule has 2 saturated heterocycles. The van der Waals surface area contributed by atoms with E-state index < -0.39 is 11.4 Å². The van der Waals surface area contributed by atoms with E-state index in [0.29, 0.717) is 48.9 Å². The van der Waals surface area contributed by atoms with Crippen molar-refractivity contribution >= 4 is 46.6 Å². The molecule has 0 aromatic heterocycles. The number of benzene rings is 3. The summed E-state index contributed by atoms with van der Waals surface area (Å²) in [6.45, 7) is 1.23. The lowest BCUT2D eigenvalue weighted by atomic mass is 9.85. The molecule has 0 bridgehead atoms. The van der Waals surface area contributed by atoms with E-state index in [0.717, 1.165) is 11.3 Å². The summed E-state index contributed by atoms with van der Waals surface area (Å²) in [7, 11) is 0. The van der Waals surface area contributed by atoms with Crippen molar-refractivity contribution < 1.29 is 18.8 Å². The molecule has 2 heterocycles. The fraction of sp³-hybridized carbons (Fsp3) is 0.300. The van der Waals surface area contributed by atoms with E-state index in [-0.39, 0.29) is 36.5 Å². The van der Waals surface area contributed by atoms with Crippen molar-refractivity contribution in [3.05, 3.63) is 99.8 Å². The number of anilines is 1. The summed E-state index contributed by atoms with van der Waals surface area (Å²) in [6.07, 6.45) is 1.33. The predicted molar refractivity (Wildman–Crippen MR) is 153 cm³/mol. The van der Waals surface area contributed by atoms with Gasteiger partial charge < -0.3 is 20.0 Å². The zero-order valence-corrected chi connectivity index (χ0v) is 23.3. The molecular formula is C30H29Cl2FN4O3. The van der Waals surface area contributed by atoms with E-state index in [1.807, 2.05) is 41.3 Å². The number of nitrogens with zero attached hydrogens (tertiary/aromatic N) is 3. The molecule has 3 aromatic rings. The van der Waals surface area contributed by atoms with Gasteiger partial charge in [-0.3, -0.25) is 14.4 Å². The van der Waals surface area contributed by atoms with Gasteiger partial charge in [0.25, 0.3) is 11.8 Å². The average molecular weight is 583 g/mol. The van der Waals surface area contributed by atoms with Crippen LogP contribution in [0.3, 0.4) is 0 Å².